The highest BCUT2D eigenvalue weighted by molar-refractivity contribution is 7.33. The highest BCUT2D eigenvalue weighted by atomic mass is 31.1. The van der Waals surface area contributed by atoms with E-state index in [-0.39, 0.29) is 23.7 Å². The average Bonchev–Trinajstić information content (AvgIpc) is 3.21. The zero-order valence-electron chi connectivity index (χ0n) is 14.3. The number of nitrogens with one attached hydrogen (secondary N) is 1. The molecule has 0 saturated carbocycles. The van der Waals surface area contributed by atoms with Gasteiger partial charge in [0.05, 0.1) is 6.61 Å². The number of hydrogen-bond donors (Lipinski definition) is 3. The summed E-state index contributed by atoms with van der Waals surface area (Å²) in [5.41, 5.74) is 6.12. The molecule has 2 aliphatic heterocycles. The number of nitrogen functional groups attached to an aromatic ring is 1. The second-order valence-corrected chi connectivity index (χ2v) is 7.52. The van der Waals surface area contributed by atoms with E-state index in [0.29, 0.717) is 11.4 Å². The van der Waals surface area contributed by atoms with E-state index in [0.717, 1.165) is 0 Å². The Kier molecular flexibility index (Phi) is 4.07. The molecule has 12 heteroatoms. The van der Waals surface area contributed by atoms with Gasteiger partial charge < -0.3 is 24.6 Å². The molecule has 2 saturated heterocycles. The van der Waals surface area contributed by atoms with Crippen LogP contribution in [0.4, 0.5) is 5.95 Å². The molecule has 3 aromatic rings. The SMILES string of the molecule is Nc1nc2c(nc(-c3ccccc3)n2[C@@H]2OC3CO[PH](=O)O[C@H]3C2O)c(=O)[nH]1. The van der Waals surface area contributed by atoms with E-state index < -0.39 is 38.4 Å². The van der Waals surface area contributed by atoms with E-state index in [1.54, 1.807) is 0 Å². The lowest BCUT2D eigenvalue weighted by molar-refractivity contribution is -0.0546. The Morgan fingerprint density at radius 3 is 2.86 bits per heavy atom. The monoisotopic (exact) mass is 405 g/mol. The second kappa shape index (κ2) is 6.50. The van der Waals surface area contributed by atoms with Crippen molar-refractivity contribution in [1.82, 2.24) is 19.5 Å². The van der Waals surface area contributed by atoms with Crippen LogP contribution in [-0.4, -0.2) is 49.5 Å². The van der Waals surface area contributed by atoms with Gasteiger partial charge in [-0.3, -0.25) is 18.9 Å². The van der Waals surface area contributed by atoms with Crippen molar-refractivity contribution < 1.29 is 23.5 Å². The van der Waals surface area contributed by atoms with Gasteiger partial charge in [-0.2, -0.15) is 4.98 Å². The van der Waals surface area contributed by atoms with Crippen molar-refractivity contribution in [3.8, 4) is 11.4 Å². The maximum atomic E-state index is 12.4. The number of H-pyrrole nitrogens is 1. The highest BCUT2D eigenvalue weighted by Crippen LogP contribution is 2.44. The van der Waals surface area contributed by atoms with Crippen LogP contribution in [0.1, 0.15) is 6.23 Å². The molecule has 11 nitrogen and oxygen atoms in total. The van der Waals surface area contributed by atoms with Crippen molar-refractivity contribution in [2.45, 2.75) is 24.5 Å². The van der Waals surface area contributed by atoms with E-state index in [2.05, 4.69) is 15.0 Å². The van der Waals surface area contributed by atoms with Gasteiger partial charge in [0.2, 0.25) is 5.95 Å². The van der Waals surface area contributed by atoms with Crippen LogP contribution < -0.4 is 11.3 Å². The minimum atomic E-state index is -2.69. The van der Waals surface area contributed by atoms with E-state index in [9.17, 15) is 14.5 Å². The number of benzene rings is 1. The molecule has 2 aromatic heterocycles. The van der Waals surface area contributed by atoms with Crippen molar-refractivity contribution in [3.05, 3.63) is 40.7 Å². The smallest absolute Gasteiger partial charge is 0.319 e. The molecule has 2 fully saturated rings. The van der Waals surface area contributed by atoms with Crippen LogP contribution >= 0.6 is 8.25 Å². The van der Waals surface area contributed by atoms with Gasteiger partial charge in [0, 0.05) is 5.56 Å². The summed E-state index contributed by atoms with van der Waals surface area (Å²) in [5.74, 6) is 0.281. The Bertz CT molecular complexity index is 1130. The minimum Gasteiger partial charge on any atom is -0.386 e. The van der Waals surface area contributed by atoms with E-state index >= 15 is 0 Å². The van der Waals surface area contributed by atoms with Crippen molar-refractivity contribution in [3.63, 3.8) is 0 Å². The quantitative estimate of drug-likeness (QED) is 0.515. The number of rotatable bonds is 2. The number of hydrogen-bond acceptors (Lipinski definition) is 9. The van der Waals surface area contributed by atoms with Gasteiger partial charge in [-0.1, -0.05) is 30.3 Å². The van der Waals surface area contributed by atoms with Crippen LogP contribution in [0, 0.1) is 0 Å². The zero-order valence-corrected chi connectivity index (χ0v) is 15.3. The van der Waals surface area contributed by atoms with Gasteiger partial charge in [-0.25, -0.2) is 4.98 Å². The number of fused-ring (bicyclic) bond motifs is 2. The summed E-state index contributed by atoms with van der Waals surface area (Å²) >= 11 is 0. The normalized spacial score (nSPS) is 29.8. The predicted octanol–water partition coefficient (Wildman–Crippen LogP) is 0.432. The van der Waals surface area contributed by atoms with Crippen molar-refractivity contribution in [2.75, 3.05) is 12.3 Å². The number of imidazole rings is 1. The Hall–Kier alpha value is -2.56. The lowest BCUT2D eigenvalue weighted by atomic mass is 10.1. The molecule has 5 rings (SSSR count). The topological polar surface area (TPSA) is 155 Å². The van der Waals surface area contributed by atoms with Crippen LogP contribution in [-0.2, 0) is 18.3 Å². The number of anilines is 1. The molecule has 2 aliphatic rings. The van der Waals surface area contributed by atoms with Crippen molar-refractivity contribution in [1.29, 1.82) is 0 Å². The summed E-state index contributed by atoms with van der Waals surface area (Å²) in [6, 6.07) is 9.10. The van der Waals surface area contributed by atoms with Crippen LogP contribution in [0.15, 0.2) is 35.1 Å². The average molecular weight is 405 g/mol. The van der Waals surface area contributed by atoms with Crippen LogP contribution in [0.25, 0.3) is 22.6 Å². The summed E-state index contributed by atoms with van der Waals surface area (Å²) in [6.45, 7) is 0.0273. The molecule has 0 radical (unpaired) electrons. The number of ether oxygens (including phenoxy) is 1. The zero-order chi connectivity index (χ0) is 19.4. The van der Waals surface area contributed by atoms with Gasteiger partial charge in [0.1, 0.15) is 24.1 Å². The number of aliphatic hydroxyl groups excluding tert-OH is 1. The summed E-state index contributed by atoms with van der Waals surface area (Å²) in [7, 11) is -2.69. The third-order valence-corrected chi connectivity index (χ3v) is 5.63. The third kappa shape index (κ3) is 2.67. The molecule has 5 atom stereocenters. The number of nitrogens with two attached hydrogens (primary N) is 1. The largest absolute Gasteiger partial charge is 0.386 e. The fourth-order valence-electron chi connectivity index (χ4n) is 3.54. The van der Waals surface area contributed by atoms with Crippen LogP contribution in [0.3, 0.4) is 0 Å². The van der Waals surface area contributed by atoms with Crippen molar-refractivity contribution in [2.24, 2.45) is 0 Å². The molecular weight excluding hydrogens is 389 g/mol. The summed E-state index contributed by atoms with van der Waals surface area (Å²) in [6.07, 6.45) is -3.61. The minimum absolute atomic E-state index is 0.0273. The Morgan fingerprint density at radius 1 is 1.29 bits per heavy atom. The number of aliphatic hydroxyl groups is 1. The fraction of sp³-hybridized carbons (Fsp3) is 0.312. The first-order valence-corrected chi connectivity index (χ1v) is 9.75. The molecule has 3 unspecified atom stereocenters. The first-order valence-electron chi connectivity index (χ1n) is 8.53. The van der Waals surface area contributed by atoms with Gasteiger partial charge in [0.15, 0.2) is 17.4 Å². The van der Waals surface area contributed by atoms with Gasteiger partial charge in [-0.05, 0) is 0 Å². The first kappa shape index (κ1) is 17.5. The second-order valence-electron chi connectivity index (χ2n) is 6.49. The summed E-state index contributed by atoms with van der Waals surface area (Å²) in [5, 5.41) is 10.8. The molecule has 0 amide bonds. The molecule has 146 valence electrons. The lowest BCUT2D eigenvalue weighted by Gasteiger charge is -2.24. The molecule has 0 aliphatic carbocycles. The molecule has 0 spiro atoms. The standard InChI is InChI=1S/C16H16N5O6P/c17-16-19-13-9(14(23)20-16)18-12(7-4-2-1-3-5-7)21(13)15-10(22)11-8(26-15)6-25-28(24)27-11/h1-5,8,10-11,15,22,28H,6H2,(H3,17,19,20,23)/t8?,10?,11-,15-/m1/s1. The summed E-state index contributed by atoms with van der Waals surface area (Å²) in [4.78, 5) is 23.4. The lowest BCUT2D eigenvalue weighted by Crippen LogP contribution is -2.37. The van der Waals surface area contributed by atoms with Gasteiger partial charge in [-0.15, -0.1) is 0 Å². The molecule has 28 heavy (non-hydrogen) atoms. The van der Waals surface area contributed by atoms with Crippen LogP contribution in [0.5, 0.6) is 0 Å². The molecule has 4 heterocycles. The maximum Gasteiger partial charge on any atom is 0.319 e. The first-order chi connectivity index (χ1) is 13.5. The predicted molar refractivity (Wildman–Crippen MR) is 97.7 cm³/mol. The maximum absolute atomic E-state index is 12.4. The van der Waals surface area contributed by atoms with E-state index in [1.165, 1.54) is 4.57 Å². The molecule has 1 aromatic carbocycles. The van der Waals surface area contributed by atoms with Crippen molar-refractivity contribution >= 4 is 25.4 Å². The third-order valence-electron chi connectivity index (χ3n) is 4.76. The Balaban J connectivity index is 1.72. The van der Waals surface area contributed by atoms with Crippen LogP contribution in [0.2, 0.25) is 0 Å². The number of nitrogens with zero attached hydrogens (tertiary/aromatic N) is 3. The molecule has 4 N–H and O–H groups in total. The molecular formula is C16H16N5O6P. The Morgan fingerprint density at radius 2 is 2.07 bits per heavy atom. The fourth-order valence-corrected chi connectivity index (χ4v) is 4.42. The summed E-state index contributed by atoms with van der Waals surface area (Å²) < 4.78 is 29.3. The molecule has 0 bridgehead atoms. The van der Waals surface area contributed by atoms with E-state index in [4.69, 9.17) is 19.5 Å². The number of aromatic amines is 1. The number of aromatic nitrogens is 4. The Labute approximate surface area is 158 Å². The highest BCUT2D eigenvalue weighted by Gasteiger charge is 2.50. The van der Waals surface area contributed by atoms with Gasteiger partial charge >= 0.3 is 8.25 Å². The van der Waals surface area contributed by atoms with Gasteiger partial charge in [0.25, 0.3) is 5.56 Å². The van der Waals surface area contributed by atoms with E-state index in [1.807, 2.05) is 30.3 Å².